The molecule has 2 aliphatic rings. The average Bonchev–Trinajstić information content (AvgIpc) is 2.90. The number of rotatable bonds is 9. The number of piperidine rings is 1. The summed E-state index contributed by atoms with van der Waals surface area (Å²) in [5.74, 6) is 0.356. The van der Waals surface area contributed by atoms with Gasteiger partial charge in [-0.1, -0.05) is 60.7 Å². The molecular formula is C29H40N4O2. The number of carbonyl (C=O) groups is 2. The quantitative estimate of drug-likeness (QED) is 0.603. The second kappa shape index (κ2) is 12.8. The van der Waals surface area contributed by atoms with Crippen LogP contribution in [0.2, 0.25) is 0 Å². The number of nitrogens with one attached hydrogen (secondary N) is 1. The molecule has 2 amide bonds. The Balaban J connectivity index is 1.12. The first-order chi connectivity index (χ1) is 17.1. The Hall–Kier alpha value is -2.70. The number of hydrogen-bond acceptors (Lipinski definition) is 4. The molecule has 2 fully saturated rings. The van der Waals surface area contributed by atoms with Gasteiger partial charge in [-0.05, 0) is 43.7 Å². The average molecular weight is 477 g/mol. The first-order valence-corrected chi connectivity index (χ1v) is 13.2. The molecule has 0 spiro atoms. The van der Waals surface area contributed by atoms with Crippen LogP contribution in [0.3, 0.4) is 0 Å². The third-order valence-electron chi connectivity index (χ3n) is 7.48. The Morgan fingerprint density at radius 3 is 2.09 bits per heavy atom. The van der Waals surface area contributed by atoms with Crippen LogP contribution in [0.4, 0.5) is 0 Å². The van der Waals surface area contributed by atoms with E-state index in [1.165, 1.54) is 11.1 Å². The van der Waals surface area contributed by atoms with Crippen molar-refractivity contribution in [2.75, 3.05) is 39.3 Å². The molecule has 4 rings (SSSR count). The fraction of sp³-hybridized carbons (Fsp3) is 0.517. The fourth-order valence-corrected chi connectivity index (χ4v) is 5.17. The third-order valence-corrected chi connectivity index (χ3v) is 7.48. The Labute approximate surface area is 210 Å². The number of benzene rings is 2. The van der Waals surface area contributed by atoms with Gasteiger partial charge in [0.25, 0.3) is 0 Å². The van der Waals surface area contributed by atoms with Crippen molar-refractivity contribution in [3.05, 3.63) is 71.8 Å². The zero-order valence-electron chi connectivity index (χ0n) is 21.1. The number of carbonyl (C=O) groups excluding carboxylic acids is 2. The van der Waals surface area contributed by atoms with Crippen molar-refractivity contribution in [3.63, 3.8) is 0 Å². The standard InChI is InChI=1S/C29H40N4O2/c1-24(29(35)30-27-15-17-31(18-16-27)23-26-11-6-3-7-12-26)32-19-21-33(22-20-32)28(34)14-8-13-25-9-4-2-5-10-25/h2-7,9-12,24,27H,8,13-23H2,1H3,(H,30,35). The predicted octanol–water partition coefficient (Wildman–Crippen LogP) is 3.32. The molecule has 0 radical (unpaired) electrons. The van der Waals surface area contributed by atoms with Crippen molar-refractivity contribution >= 4 is 11.8 Å². The molecule has 2 aromatic rings. The molecule has 0 bridgehead atoms. The predicted molar refractivity (Wildman–Crippen MR) is 140 cm³/mol. The number of hydrogen-bond donors (Lipinski definition) is 1. The Morgan fingerprint density at radius 2 is 1.46 bits per heavy atom. The summed E-state index contributed by atoms with van der Waals surface area (Å²) in [6, 6.07) is 21.0. The van der Waals surface area contributed by atoms with Crippen LogP contribution in [0.15, 0.2) is 60.7 Å². The molecule has 0 aliphatic carbocycles. The molecule has 0 aromatic heterocycles. The van der Waals surface area contributed by atoms with E-state index in [1.54, 1.807) is 0 Å². The molecule has 1 N–H and O–H groups in total. The van der Waals surface area contributed by atoms with E-state index in [4.69, 9.17) is 0 Å². The lowest BCUT2D eigenvalue weighted by molar-refractivity contribution is -0.134. The maximum absolute atomic E-state index is 12.9. The third kappa shape index (κ3) is 7.64. The lowest BCUT2D eigenvalue weighted by Crippen LogP contribution is -2.56. The van der Waals surface area contributed by atoms with Crippen LogP contribution in [-0.4, -0.2) is 77.9 Å². The molecule has 2 saturated heterocycles. The van der Waals surface area contributed by atoms with Gasteiger partial charge in [-0.3, -0.25) is 19.4 Å². The fourth-order valence-electron chi connectivity index (χ4n) is 5.17. The highest BCUT2D eigenvalue weighted by molar-refractivity contribution is 5.81. The largest absolute Gasteiger partial charge is 0.352 e. The minimum absolute atomic E-state index is 0.120. The van der Waals surface area contributed by atoms with Gasteiger partial charge in [0.15, 0.2) is 0 Å². The number of amides is 2. The van der Waals surface area contributed by atoms with E-state index in [0.29, 0.717) is 19.5 Å². The smallest absolute Gasteiger partial charge is 0.237 e. The molecule has 1 unspecified atom stereocenters. The molecule has 6 nitrogen and oxygen atoms in total. The lowest BCUT2D eigenvalue weighted by Gasteiger charge is -2.38. The molecule has 0 saturated carbocycles. The zero-order chi connectivity index (χ0) is 24.5. The Morgan fingerprint density at radius 1 is 0.857 bits per heavy atom. The number of piperazine rings is 1. The van der Waals surface area contributed by atoms with Crippen molar-refractivity contribution < 1.29 is 9.59 Å². The van der Waals surface area contributed by atoms with Gasteiger partial charge in [-0.15, -0.1) is 0 Å². The highest BCUT2D eigenvalue weighted by Crippen LogP contribution is 2.15. The molecule has 35 heavy (non-hydrogen) atoms. The lowest BCUT2D eigenvalue weighted by atomic mass is 10.0. The summed E-state index contributed by atoms with van der Waals surface area (Å²) in [5, 5.41) is 3.29. The normalized spacial score (nSPS) is 18.8. The maximum atomic E-state index is 12.9. The van der Waals surface area contributed by atoms with Crippen molar-refractivity contribution in [3.8, 4) is 0 Å². The van der Waals surface area contributed by atoms with Crippen LogP contribution < -0.4 is 5.32 Å². The van der Waals surface area contributed by atoms with Crippen LogP contribution in [0, 0.1) is 0 Å². The van der Waals surface area contributed by atoms with E-state index in [0.717, 1.165) is 58.4 Å². The van der Waals surface area contributed by atoms with Crippen LogP contribution in [0.1, 0.15) is 43.7 Å². The van der Waals surface area contributed by atoms with E-state index in [9.17, 15) is 9.59 Å². The SMILES string of the molecule is CC(C(=O)NC1CCN(Cc2ccccc2)CC1)N1CCN(C(=O)CCCc2ccccc2)CC1. The van der Waals surface area contributed by atoms with Gasteiger partial charge in [-0.2, -0.15) is 0 Å². The molecular weight excluding hydrogens is 436 g/mol. The van der Waals surface area contributed by atoms with E-state index in [2.05, 4.69) is 57.6 Å². The van der Waals surface area contributed by atoms with Crippen LogP contribution in [0.25, 0.3) is 0 Å². The van der Waals surface area contributed by atoms with E-state index < -0.39 is 0 Å². The van der Waals surface area contributed by atoms with Crippen molar-refractivity contribution in [1.29, 1.82) is 0 Å². The van der Waals surface area contributed by atoms with Crippen LogP contribution in [0.5, 0.6) is 0 Å². The summed E-state index contributed by atoms with van der Waals surface area (Å²) in [4.78, 5) is 32.2. The van der Waals surface area contributed by atoms with E-state index in [-0.39, 0.29) is 23.9 Å². The number of nitrogens with zero attached hydrogens (tertiary/aromatic N) is 3. The molecule has 2 aliphatic heterocycles. The highest BCUT2D eigenvalue weighted by atomic mass is 16.2. The first-order valence-electron chi connectivity index (χ1n) is 13.2. The van der Waals surface area contributed by atoms with Gasteiger partial charge in [0.05, 0.1) is 6.04 Å². The minimum atomic E-state index is -0.160. The van der Waals surface area contributed by atoms with Crippen LogP contribution in [-0.2, 0) is 22.6 Å². The molecule has 188 valence electrons. The van der Waals surface area contributed by atoms with Crippen molar-refractivity contribution in [1.82, 2.24) is 20.0 Å². The molecule has 6 heteroatoms. The second-order valence-corrected chi connectivity index (χ2v) is 9.98. The number of aryl methyl sites for hydroxylation is 1. The van der Waals surface area contributed by atoms with Gasteiger partial charge in [0, 0.05) is 58.3 Å². The Bertz CT molecular complexity index is 920. The van der Waals surface area contributed by atoms with Gasteiger partial charge < -0.3 is 10.2 Å². The Kier molecular flexibility index (Phi) is 9.32. The number of likely N-dealkylation sites (tertiary alicyclic amines) is 1. The topological polar surface area (TPSA) is 55.9 Å². The maximum Gasteiger partial charge on any atom is 0.237 e. The van der Waals surface area contributed by atoms with Crippen LogP contribution >= 0.6 is 0 Å². The summed E-state index contributed by atoms with van der Waals surface area (Å²) in [6.07, 6.45) is 4.40. The molecule has 1 atom stereocenters. The minimum Gasteiger partial charge on any atom is -0.352 e. The summed E-state index contributed by atoms with van der Waals surface area (Å²) in [7, 11) is 0. The molecule has 2 heterocycles. The summed E-state index contributed by atoms with van der Waals surface area (Å²) >= 11 is 0. The molecule has 2 aromatic carbocycles. The van der Waals surface area contributed by atoms with Crippen molar-refractivity contribution in [2.45, 2.75) is 57.7 Å². The van der Waals surface area contributed by atoms with Gasteiger partial charge in [0.2, 0.25) is 11.8 Å². The van der Waals surface area contributed by atoms with Gasteiger partial charge in [-0.25, -0.2) is 0 Å². The van der Waals surface area contributed by atoms with Gasteiger partial charge in [0.1, 0.15) is 0 Å². The zero-order valence-corrected chi connectivity index (χ0v) is 21.1. The highest BCUT2D eigenvalue weighted by Gasteiger charge is 2.29. The summed E-state index contributed by atoms with van der Waals surface area (Å²) in [6.45, 7) is 7.94. The van der Waals surface area contributed by atoms with E-state index >= 15 is 0 Å². The van der Waals surface area contributed by atoms with Gasteiger partial charge >= 0.3 is 0 Å². The monoisotopic (exact) mass is 476 g/mol. The van der Waals surface area contributed by atoms with Crippen molar-refractivity contribution in [2.24, 2.45) is 0 Å². The first kappa shape index (κ1) is 25.4. The van der Waals surface area contributed by atoms with E-state index in [1.807, 2.05) is 30.0 Å². The second-order valence-electron chi connectivity index (χ2n) is 9.98. The summed E-state index contributed by atoms with van der Waals surface area (Å²) in [5.41, 5.74) is 2.63. The summed E-state index contributed by atoms with van der Waals surface area (Å²) < 4.78 is 0.